The number of carbonyl (C=O) groups excluding carboxylic acids is 10. The Morgan fingerprint density at radius 2 is 0.579 bits per heavy atom. The normalized spacial score (nSPS) is 14.5. The van der Waals surface area contributed by atoms with E-state index in [0.29, 0.717) is 11.4 Å². The van der Waals surface area contributed by atoms with Gasteiger partial charge in [-0.15, -0.1) is 0 Å². The zero-order chi connectivity index (χ0) is 52.3. The lowest BCUT2D eigenvalue weighted by Gasteiger charge is -2.32. The summed E-state index contributed by atoms with van der Waals surface area (Å²) < 4.78 is 0. The third-order valence-electron chi connectivity index (χ3n) is 13.6. The lowest BCUT2D eigenvalue weighted by molar-refractivity contribution is 0.0873. The van der Waals surface area contributed by atoms with Crippen LogP contribution in [-0.4, -0.2) is 74.0 Å². The number of nitrogens with one attached hydrogen (secondary N) is 2. The van der Waals surface area contributed by atoms with E-state index in [-0.39, 0.29) is 100 Å². The molecule has 6 aromatic carbocycles. The summed E-state index contributed by atoms with van der Waals surface area (Å²) in [6.45, 7) is 0. The van der Waals surface area contributed by atoms with Gasteiger partial charge >= 0.3 is 0 Å². The van der Waals surface area contributed by atoms with Crippen molar-refractivity contribution in [2.45, 2.75) is 0 Å². The van der Waals surface area contributed by atoms with Crippen LogP contribution in [0.15, 0.2) is 164 Å². The van der Waals surface area contributed by atoms with E-state index < -0.39 is 59.1 Å². The lowest BCUT2D eigenvalue weighted by atomic mass is 9.85. The highest BCUT2D eigenvalue weighted by atomic mass is 16.2. The first-order chi connectivity index (χ1) is 36.9. The number of imide groups is 4. The Labute approximate surface area is 426 Å². The van der Waals surface area contributed by atoms with Crippen LogP contribution in [0.1, 0.15) is 104 Å². The van der Waals surface area contributed by atoms with Crippen LogP contribution < -0.4 is 30.2 Å². The van der Waals surface area contributed by atoms with Crippen molar-refractivity contribution in [3.63, 3.8) is 0 Å². The van der Waals surface area contributed by atoms with Crippen LogP contribution in [-0.2, 0) is 0 Å². The molecule has 7 heterocycles. The first-order valence-corrected chi connectivity index (χ1v) is 23.2. The summed E-state index contributed by atoms with van der Waals surface area (Å²) in [6.07, 6.45) is 5.81. The summed E-state index contributed by atoms with van der Waals surface area (Å²) >= 11 is 0. The Kier molecular flexibility index (Phi) is 9.81. The molecule has 0 saturated heterocycles. The number of carbonyl (C=O) groups is 10. The number of anilines is 6. The molecular weight excluding hydrogens is 971 g/mol. The third kappa shape index (κ3) is 6.59. The van der Waals surface area contributed by atoms with Gasteiger partial charge in [-0.25, -0.2) is 24.6 Å². The maximum Gasteiger partial charge on any atom is 0.274 e. The maximum absolute atomic E-state index is 14.2. The Morgan fingerprint density at radius 1 is 0.316 bits per heavy atom. The largest absolute Gasteiger partial charge is 0.321 e. The maximum atomic E-state index is 14.2. The second-order valence-electron chi connectivity index (χ2n) is 17.8. The third-order valence-corrected chi connectivity index (χ3v) is 13.6. The molecule has 0 spiro atoms. The summed E-state index contributed by atoms with van der Waals surface area (Å²) in [5, 5.41) is 6.16. The molecule has 76 heavy (non-hydrogen) atoms. The summed E-state index contributed by atoms with van der Waals surface area (Å²) in [4.78, 5) is 155. The van der Waals surface area contributed by atoms with Crippen molar-refractivity contribution in [2.75, 3.05) is 30.2 Å². The standard InChI is InChI=1S/C57H29N9O10/c67-48(60-28-4-1-6-32(26-28)65-54(73)38-14-10-34-44-35(11-15-39(46(38)44)55(65)74)51(70)63(50(34)69)30-18-22-58-23-19-30)42-8-3-9-43(62-42)49(68)61-29-5-2-7-33(27-29)66-56(75)40-16-12-36-45-37(13-17-41(47(40)45)57(66)76)53(72)64(52(36)71)31-20-24-59-25-21-31/h1-27H,(H,60,67)(H,61,68). The first kappa shape index (κ1) is 44.7. The number of hydrogen-bond acceptors (Lipinski definition) is 13. The van der Waals surface area contributed by atoms with Gasteiger partial charge in [0.25, 0.3) is 59.1 Å². The van der Waals surface area contributed by atoms with E-state index in [0.717, 1.165) is 19.6 Å². The molecule has 0 bridgehead atoms. The van der Waals surface area contributed by atoms with Crippen LogP contribution in [0, 0.1) is 0 Å². The van der Waals surface area contributed by atoms with Crippen LogP contribution in [0.5, 0.6) is 0 Å². The van der Waals surface area contributed by atoms with Gasteiger partial charge in [-0.05, 0) is 121 Å². The van der Waals surface area contributed by atoms with Crippen LogP contribution in [0.4, 0.5) is 34.1 Å². The fraction of sp³-hybridized carbons (Fsp3) is 0. The minimum Gasteiger partial charge on any atom is -0.321 e. The van der Waals surface area contributed by atoms with Crippen molar-refractivity contribution in [1.82, 2.24) is 15.0 Å². The van der Waals surface area contributed by atoms with Crippen molar-refractivity contribution < 1.29 is 47.9 Å². The Balaban J connectivity index is 0.718. The molecule has 4 aliphatic rings. The Bertz CT molecular complexity index is 3850. The van der Waals surface area contributed by atoms with Crippen molar-refractivity contribution in [3.8, 4) is 0 Å². The summed E-state index contributed by atoms with van der Waals surface area (Å²) in [5.41, 5.74) is 1.73. The molecule has 13 rings (SSSR count). The second-order valence-corrected chi connectivity index (χ2v) is 17.8. The minimum absolute atomic E-state index is 0.0858. The van der Waals surface area contributed by atoms with Gasteiger partial charge in [-0.3, -0.25) is 57.9 Å². The minimum atomic E-state index is -0.743. The highest BCUT2D eigenvalue weighted by Gasteiger charge is 2.43. The number of hydrogen-bond donors (Lipinski definition) is 2. The average molecular weight is 1000 g/mol. The monoisotopic (exact) mass is 999 g/mol. The van der Waals surface area contributed by atoms with Crippen molar-refractivity contribution in [3.05, 3.63) is 220 Å². The molecule has 4 aliphatic heterocycles. The van der Waals surface area contributed by atoms with Crippen LogP contribution in [0.2, 0.25) is 0 Å². The van der Waals surface area contributed by atoms with Crippen LogP contribution in [0.3, 0.4) is 0 Å². The molecule has 2 N–H and O–H groups in total. The van der Waals surface area contributed by atoms with Crippen LogP contribution in [0.25, 0.3) is 21.5 Å². The quantitative estimate of drug-likeness (QED) is 0.138. The number of benzene rings is 6. The Morgan fingerprint density at radius 3 is 0.868 bits per heavy atom. The average Bonchev–Trinajstić information content (AvgIpc) is 3.47. The van der Waals surface area contributed by atoms with Crippen molar-refractivity contribution in [2.24, 2.45) is 0 Å². The van der Waals surface area contributed by atoms with Gasteiger partial charge in [-0.2, -0.15) is 0 Å². The van der Waals surface area contributed by atoms with Gasteiger partial charge in [0.15, 0.2) is 0 Å². The van der Waals surface area contributed by atoms with Crippen molar-refractivity contribution in [1.29, 1.82) is 0 Å². The molecule has 0 fully saturated rings. The van der Waals surface area contributed by atoms with E-state index in [1.165, 1.54) is 164 Å². The SMILES string of the molecule is O=C(Nc1cccc(N2C(=O)c3ccc4c5c(ccc(c35)C2=O)C(=O)N(c2ccncc2)C4=O)c1)c1cccc(C(=O)Nc2cccc(N3C(=O)c4ccc5c6c(ccc(c46)C3=O)C(=O)N(c3ccncc3)C5=O)c2)n1. The number of aromatic nitrogens is 3. The van der Waals surface area contributed by atoms with Gasteiger partial charge in [0.1, 0.15) is 11.4 Å². The second kappa shape index (κ2) is 16.7. The zero-order valence-corrected chi connectivity index (χ0v) is 38.8. The molecule has 362 valence electrons. The fourth-order valence-electron chi connectivity index (χ4n) is 10.2. The molecule has 0 aliphatic carbocycles. The van der Waals surface area contributed by atoms with E-state index in [4.69, 9.17) is 0 Å². The van der Waals surface area contributed by atoms with E-state index in [9.17, 15) is 47.9 Å². The molecule has 19 nitrogen and oxygen atoms in total. The molecule has 9 aromatic rings. The van der Waals surface area contributed by atoms with Gasteiger partial charge in [0.2, 0.25) is 0 Å². The number of nitrogens with zero attached hydrogens (tertiary/aromatic N) is 7. The van der Waals surface area contributed by atoms with Gasteiger partial charge < -0.3 is 10.6 Å². The predicted octanol–water partition coefficient (Wildman–Crippen LogP) is 7.89. The van der Waals surface area contributed by atoms with E-state index in [1.807, 2.05) is 0 Å². The number of amides is 10. The predicted molar refractivity (Wildman–Crippen MR) is 274 cm³/mol. The fourth-order valence-corrected chi connectivity index (χ4v) is 10.2. The highest BCUT2D eigenvalue weighted by Crippen LogP contribution is 2.42. The molecule has 0 unspecified atom stereocenters. The first-order valence-electron chi connectivity index (χ1n) is 23.2. The smallest absolute Gasteiger partial charge is 0.274 e. The molecular formula is C57H29N9O10. The highest BCUT2D eigenvalue weighted by molar-refractivity contribution is 6.44. The molecule has 0 atom stereocenters. The van der Waals surface area contributed by atoms with Gasteiger partial charge in [-0.1, -0.05) is 18.2 Å². The molecule has 0 radical (unpaired) electrons. The summed E-state index contributed by atoms with van der Waals surface area (Å²) in [6, 6.07) is 33.8. The molecule has 3 aromatic heterocycles. The van der Waals surface area contributed by atoms with E-state index in [2.05, 4.69) is 25.6 Å². The van der Waals surface area contributed by atoms with E-state index >= 15 is 0 Å². The van der Waals surface area contributed by atoms with Gasteiger partial charge in [0, 0.05) is 102 Å². The number of pyridine rings is 3. The van der Waals surface area contributed by atoms with Crippen LogP contribution >= 0.6 is 0 Å². The number of rotatable bonds is 8. The molecule has 10 amide bonds. The van der Waals surface area contributed by atoms with E-state index in [1.54, 1.807) is 0 Å². The van der Waals surface area contributed by atoms with Crippen molar-refractivity contribution >= 4 is 115 Å². The van der Waals surface area contributed by atoms with Gasteiger partial charge in [0.05, 0.1) is 22.7 Å². The zero-order valence-electron chi connectivity index (χ0n) is 38.8. The summed E-state index contributed by atoms with van der Waals surface area (Å²) in [7, 11) is 0. The Hall–Kier alpha value is -11.2. The summed E-state index contributed by atoms with van der Waals surface area (Å²) in [5.74, 6) is -6.87. The molecule has 0 saturated carbocycles. The topological polar surface area (TPSA) is 246 Å². The molecule has 19 heteroatoms. The lowest BCUT2D eigenvalue weighted by Crippen LogP contribution is -2.43.